The number of benzene rings is 5. The SMILES string of the molecule is Cc1cc2c(OCc3ccccc3)ncc(Cc3ccccc3)c2cc1F.Cc1cc2c(OCc3ccccc3)nccc2cc1F. The summed E-state index contributed by atoms with van der Waals surface area (Å²) in [4.78, 5) is 8.79. The third-order valence-corrected chi connectivity index (χ3v) is 7.89. The maximum absolute atomic E-state index is 14.3. The van der Waals surface area contributed by atoms with Crippen molar-refractivity contribution in [2.75, 3.05) is 0 Å². The van der Waals surface area contributed by atoms with E-state index in [1.54, 1.807) is 44.4 Å². The van der Waals surface area contributed by atoms with Crippen LogP contribution in [-0.4, -0.2) is 9.97 Å². The van der Waals surface area contributed by atoms with E-state index in [0.29, 0.717) is 42.5 Å². The normalized spacial score (nSPS) is 10.8. The van der Waals surface area contributed by atoms with Gasteiger partial charge in [0.25, 0.3) is 0 Å². The summed E-state index contributed by atoms with van der Waals surface area (Å²) in [5.41, 5.74) is 5.48. The third-order valence-electron chi connectivity index (χ3n) is 7.89. The molecule has 0 aliphatic rings. The van der Waals surface area contributed by atoms with Crippen LogP contribution in [0, 0.1) is 25.5 Å². The second kappa shape index (κ2) is 14.6. The number of nitrogens with zero attached hydrogens (tertiary/aromatic N) is 2. The molecule has 0 saturated carbocycles. The van der Waals surface area contributed by atoms with Crippen LogP contribution in [0.5, 0.6) is 11.8 Å². The molecule has 0 saturated heterocycles. The Morgan fingerprint density at radius 2 is 1.04 bits per heavy atom. The topological polar surface area (TPSA) is 44.2 Å². The summed E-state index contributed by atoms with van der Waals surface area (Å²) in [6, 6.07) is 38.5. The molecule has 0 unspecified atom stereocenters. The van der Waals surface area contributed by atoms with Crippen LogP contribution in [0.3, 0.4) is 0 Å². The monoisotopic (exact) mass is 624 g/mol. The molecule has 0 aliphatic heterocycles. The van der Waals surface area contributed by atoms with Gasteiger partial charge >= 0.3 is 0 Å². The lowest BCUT2D eigenvalue weighted by Crippen LogP contribution is -2.01. The molecule has 4 nitrogen and oxygen atoms in total. The zero-order chi connectivity index (χ0) is 32.6. The van der Waals surface area contributed by atoms with Crippen molar-refractivity contribution in [3.63, 3.8) is 0 Å². The molecule has 5 aromatic carbocycles. The summed E-state index contributed by atoms with van der Waals surface area (Å²) in [7, 11) is 0. The molecule has 0 aliphatic carbocycles. The molecule has 0 amide bonds. The lowest BCUT2D eigenvalue weighted by atomic mass is 9.99. The largest absolute Gasteiger partial charge is 0.472 e. The highest BCUT2D eigenvalue weighted by Crippen LogP contribution is 2.31. The highest BCUT2D eigenvalue weighted by atomic mass is 19.1. The average Bonchev–Trinajstić information content (AvgIpc) is 3.10. The molecule has 7 aromatic rings. The van der Waals surface area contributed by atoms with Gasteiger partial charge in [0.15, 0.2) is 0 Å². The summed E-state index contributed by atoms with van der Waals surface area (Å²) in [6.07, 6.45) is 4.13. The van der Waals surface area contributed by atoms with Gasteiger partial charge in [0.05, 0.1) is 0 Å². The maximum atomic E-state index is 14.3. The van der Waals surface area contributed by atoms with Crippen LogP contribution < -0.4 is 9.47 Å². The molecule has 6 heteroatoms. The first kappa shape index (κ1) is 31.4. The number of hydrogen-bond acceptors (Lipinski definition) is 4. The maximum Gasteiger partial charge on any atom is 0.221 e. The molecular weight excluding hydrogens is 590 g/mol. The van der Waals surface area contributed by atoms with E-state index in [-0.39, 0.29) is 11.6 Å². The molecule has 0 N–H and O–H groups in total. The zero-order valence-electron chi connectivity index (χ0n) is 26.3. The Labute approximate surface area is 273 Å². The first-order valence-corrected chi connectivity index (χ1v) is 15.4. The first-order chi connectivity index (χ1) is 22.9. The second-order valence-electron chi connectivity index (χ2n) is 11.4. The number of aryl methyl sites for hydroxylation is 2. The number of pyridine rings is 2. The molecule has 2 aromatic heterocycles. The number of ether oxygens (including phenoxy) is 2. The number of fused-ring (bicyclic) bond motifs is 2. The Hall–Kier alpha value is -5.62. The Morgan fingerprint density at radius 1 is 0.532 bits per heavy atom. The highest BCUT2D eigenvalue weighted by molar-refractivity contribution is 5.90. The molecule has 0 atom stereocenters. The lowest BCUT2D eigenvalue weighted by molar-refractivity contribution is 0.298. The van der Waals surface area contributed by atoms with Gasteiger partial charge in [0.1, 0.15) is 24.8 Å². The van der Waals surface area contributed by atoms with Gasteiger partial charge in [-0.1, -0.05) is 91.0 Å². The lowest BCUT2D eigenvalue weighted by Gasteiger charge is -2.13. The van der Waals surface area contributed by atoms with E-state index in [4.69, 9.17) is 9.47 Å². The minimum Gasteiger partial charge on any atom is -0.472 e. The van der Waals surface area contributed by atoms with Crippen molar-refractivity contribution in [3.8, 4) is 11.8 Å². The summed E-state index contributed by atoms with van der Waals surface area (Å²) in [5, 5.41) is 3.33. The first-order valence-electron chi connectivity index (χ1n) is 15.4. The van der Waals surface area contributed by atoms with Gasteiger partial charge < -0.3 is 9.47 Å². The van der Waals surface area contributed by atoms with Gasteiger partial charge in [-0.2, -0.15) is 0 Å². The minimum atomic E-state index is -0.211. The van der Waals surface area contributed by atoms with Gasteiger partial charge in [-0.25, -0.2) is 18.7 Å². The minimum absolute atomic E-state index is 0.210. The van der Waals surface area contributed by atoms with Crippen molar-refractivity contribution in [1.82, 2.24) is 9.97 Å². The summed E-state index contributed by atoms with van der Waals surface area (Å²) < 4.78 is 39.6. The summed E-state index contributed by atoms with van der Waals surface area (Å²) in [5.74, 6) is 0.651. The van der Waals surface area contributed by atoms with Crippen LogP contribution in [-0.2, 0) is 19.6 Å². The van der Waals surface area contributed by atoms with Crippen LogP contribution in [0.1, 0.15) is 33.4 Å². The smallest absolute Gasteiger partial charge is 0.221 e. The highest BCUT2D eigenvalue weighted by Gasteiger charge is 2.13. The fourth-order valence-electron chi connectivity index (χ4n) is 5.31. The fraction of sp³-hybridized carbons (Fsp3) is 0.122. The van der Waals surface area contributed by atoms with Gasteiger partial charge in [-0.05, 0) is 94.8 Å². The Kier molecular flexibility index (Phi) is 9.78. The number of halogens is 2. The van der Waals surface area contributed by atoms with Crippen molar-refractivity contribution in [2.24, 2.45) is 0 Å². The summed E-state index contributed by atoms with van der Waals surface area (Å²) in [6.45, 7) is 4.38. The van der Waals surface area contributed by atoms with Crippen LogP contribution in [0.15, 0.2) is 134 Å². The molecule has 47 heavy (non-hydrogen) atoms. The van der Waals surface area contributed by atoms with Gasteiger partial charge in [0.2, 0.25) is 11.8 Å². The Bertz CT molecular complexity index is 2100. The quantitative estimate of drug-likeness (QED) is 0.169. The Morgan fingerprint density at radius 3 is 1.64 bits per heavy atom. The van der Waals surface area contributed by atoms with Gasteiger partial charge in [0, 0.05) is 23.2 Å². The molecule has 234 valence electrons. The predicted octanol–water partition coefficient (Wildman–Crippen LogP) is 10.1. The van der Waals surface area contributed by atoms with Crippen molar-refractivity contribution in [1.29, 1.82) is 0 Å². The van der Waals surface area contributed by atoms with E-state index in [2.05, 4.69) is 22.1 Å². The van der Waals surface area contributed by atoms with Crippen LogP contribution in [0.2, 0.25) is 0 Å². The van der Waals surface area contributed by atoms with E-state index in [1.807, 2.05) is 84.9 Å². The van der Waals surface area contributed by atoms with Crippen molar-refractivity contribution < 1.29 is 18.3 Å². The molecule has 0 spiro atoms. The standard InChI is InChI=1S/C24H20FNO.C17H14FNO/c1-17-12-22-21(14-23(17)25)20(13-18-8-4-2-5-9-18)15-26-24(22)27-16-19-10-6-3-7-11-19;1-12-9-15-14(10-16(12)18)7-8-19-17(15)20-11-13-5-3-2-4-6-13/h2-12,14-15H,13,16H2,1H3;2-10H,11H2,1H3. The molecule has 7 rings (SSSR count). The van der Waals surface area contributed by atoms with E-state index in [1.165, 1.54) is 11.6 Å². The van der Waals surface area contributed by atoms with Crippen molar-refractivity contribution in [3.05, 3.63) is 179 Å². The van der Waals surface area contributed by atoms with Crippen molar-refractivity contribution in [2.45, 2.75) is 33.5 Å². The number of aromatic nitrogens is 2. The van der Waals surface area contributed by atoms with Gasteiger partial charge in [-0.15, -0.1) is 0 Å². The van der Waals surface area contributed by atoms with Gasteiger partial charge in [-0.3, -0.25) is 0 Å². The fourth-order valence-corrected chi connectivity index (χ4v) is 5.31. The number of hydrogen-bond donors (Lipinski definition) is 0. The average molecular weight is 625 g/mol. The Balaban J connectivity index is 0.000000172. The van der Waals surface area contributed by atoms with E-state index in [9.17, 15) is 8.78 Å². The number of rotatable bonds is 8. The predicted molar refractivity (Wildman–Crippen MR) is 184 cm³/mol. The molecule has 0 radical (unpaired) electrons. The molecule has 0 bridgehead atoms. The molecular formula is C41H34F2N2O2. The van der Waals surface area contributed by atoms with Crippen LogP contribution in [0.4, 0.5) is 8.78 Å². The van der Waals surface area contributed by atoms with Crippen LogP contribution >= 0.6 is 0 Å². The van der Waals surface area contributed by atoms with E-state index < -0.39 is 0 Å². The van der Waals surface area contributed by atoms with Crippen molar-refractivity contribution >= 4 is 21.5 Å². The van der Waals surface area contributed by atoms with E-state index in [0.717, 1.165) is 38.2 Å². The molecule has 0 fully saturated rings. The zero-order valence-corrected chi connectivity index (χ0v) is 26.3. The third kappa shape index (κ3) is 7.79. The molecule has 2 heterocycles. The van der Waals surface area contributed by atoms with E-state index >= 15 is 0 Å². The van der Waals surface area contributed by atoms with Crippen LogP contribution in [0.25, 0.3) is 21.5 Å². The summed E-state index contributed by atoms with van der Waals surface area (Å²) >= 11 is 0. The second-order valence-corrected chi connectivity index (χ2v) is 11.4.